The molecule has 3 N–H and O–H groups in total. The summed E-state index contributed by atoms with van der Waals surface area (Å²) in [5, 5.41) is 4.27. The minimum atomic E-state index is -3.59. The van der Waals surface area contributed by atoms with Gasteiger partial charge in [0.15, 0.2) is 0 Å². The Kier molecular flexibility index (Phi) is 5.48. The van der Waals surface area contributed by atoms with E-state index in [9.17, 15) is 13.2 Å². The summed E-state index contributed by atoms with van der Waals surface area (Å²) in [4.78, 5) is 12.2. The molecule has 1 rings (SSSR count). The topological polar surface area (TPSA) is 92.5 Å². The van der Waals surface area contributed by atoms with Crippen LogP contribution in [0, 0.1) is 0 Å². The van der Waals surface area contributed by atoms with Gasteiger partial charge in [-0.1, -0.05) is 0 Å². The number of thiophene rings is 1. The Hall–Kier alpha value is -0.960. The number of sulfonamides is 1. The molecule has 0 aliphatic rings. The van der Waals surface area contributed by atoms with Gasteiger partial charge in [0, 0.05) is 26.7 Å². The van der Waals surface area contributed by atoms with Gasteiger partial charge in [-0.05, 0) is 24.8 Å². The summed E-state index contributed by atoms with van der Waals surface area (Å²) in [5.74, 6) is -0.379. The van der Waals surface area contributed by atoms with Crippen LogP contribution in [0.5, 0.6) is 0 Å². The van der Waals surface area contributed by atoms with E-state index < -0.39 is 10.0 Å². The summed E-state index contributed by atoms with van der Waals surface area (Å²) in [7, 11) is -0.722. The first-order valence-corrected chi connectivity index (χ1v) is 8.12. The third-order valence-electron chi connectivity index (χ3n) is 2.48. The lowest BCUT2D eigenvalue weighted by Crippen LogP contribution is -2.30. The minimum Gasteiger partial charge on any atom is -0.351 e. The van der Waals surface area contributed by atoms with Gasteiger partial charge in [0.25, 0.3) is 5.91 Å². The zero-order valence-electron chi connectivity index (χ0n) is 11.2. The van der Waals surface area contributed by atoms with Crippen LogP contribution in [-0.2, 0) is 10.0 Å². The fraction of sp³-hybridized carbons (Fsp3) is 0.545. The Labute approximate surface area is 117 Å². The van der Waals surface area contributed by atoms with Crippen molar-refractivity contribution < 1.29 is 13.2 Å². The SMILES string of the molecule is CC(N)CCNC(=O)c1sccc1S(=O)(=O)N(C)C. The van der Waals surface area contributed by atoms with Crippen molar-refractivity contribution >= 4 is 27.3 Å². The molecule has 8 heteroatoms. The standard InChI is InChI=1S/C11H19N3O3S2/c1-8(12)4-6-13-11(15)10-9(5-7-18-10)19(16,17)14(2)3/h5,7-8H,4,6,12H2,1-3H3,(H,13,15). The highest BCUT2D eigenvalue weighted by Gasteiger charge is 2.25. The third-order valence-corrected chi connectivity index (χ3v) is 5.38. The predicted molar refractivity (Wildman–Crippen MR) is 75.8 cm³/mol. The van der Waals surface area contributed by atoms with Gasteiger partial charge in [0.2, 0.25) is 10.0 Å². The molecule has 0 aliphatic heterocycles. The molecule has 1 aromatic rings. The van der Waals surface area contributed by atoms with Gasteiger partial charge in [-0.25, -0.2) is 12.7 Å². The van der Waals surface area contributed by atoms with Crippen LogP contribution in [0.25, 0.3) is 0 Å². The van der Waals surface area contributed by atoms with E-state index in [-0.39, 0.29) is 21.7 Å². The molecule has 1 amide bonds. The third kappa shape index (κ3) is 4.00. The quantitative estimate of drug-likeness (QED) is 0.799. The fourth-order valence-electron chi connectivity index (χ4n) is 1.36. The van der Waals surface area contributed by atoms with E-state index in [1.54, 1.807) is 5.38 Å². The number of carbonyl (C=O) groups excluding carboxylic acids is 1. The second-order valence-corrected chi connectivity index (χ2v) is 7.46. The average Bonchev–Trinajstić information content (AvgIpc) is 2.77. The van der Waals surface area contributed by atoms with Crippen molar-refractivity contribution in [1.82, 2.24) is 9.62 Å². The molecule has 108 valence electrons. The van der Waals surface area contributed by atoms with Crippen LogP contribution >= 0.6 is 11.3 Å². The molecule has 19 heavy (non-hydrogen) atoms. The first kappa shape index (κ1) is 16.1. The van der Waals surface area contributed by atoms with E-state index >= 15 is 0 Å². The summed E-state index contributed by atoms with van der Waals surface area (Å²) in [6.07, 6.45) is 0.646. The van der Waals surface area contributed by atoms with Gasteiger partial charge in [0.05, 0.1) is 0 Å². The minimum absolute atomic E-state index is 0.00591. The maximum atomic E-state index is 12.0. The maximum Gasteiger partial charge on any atom is 0.262 e. The molecule has 0 saturated heterocycles. The molecule has 1 heterocycles. The van der Waals surface area contributed by atoms with E-state index in [1.165, 1.54) is 20.2 Å². The lowest BCUT2D eigenvalue weighted by Gasteiger charge is -2.12. The number of nitrogens with one attached hydrogen (secondary N) is 1. The van der Waals surface area contributed by atoms with Gasteiger partial charge >= 0.3 is 0 Å². The number of amides is 1. The average molecular weight is 305 g/mol. The molecule has 1 atom stereocenters. The van der Waals surface area contributed by atoms with Crippen molar-refractivity contribution in [2.24, 2.45) is 5.73 Å². The first-order valence-electron chi connectivity index (χ1n) is 5.80. The van der Waals surface area contributed by atoms with Crippen LogP contribution in [0.1, 0.15) is 23.0 Å². The van der Waals surface area contributed by atoms with Crippen molar-refractivity contribution in [2.45, 2.75) is 24.3 Å². The molecular formula is C11H19N3O3S2. The second kappa shape index (κ2) is 6.47. The lowest BCUT2D eigenvalue weighted by atomic mass is 10.2. The van der Waals surface area contributed by atoms with Crippen molar-refractivity contribution in [3.05, 3.63) is 16.3 Å². The van der Waals surface area contributed by atoms with Gasteiger partial charge in [-0.15, -0.1) is 11.3 Å². The van der Waals surface area contributed by atoms with Gasteiger partial charge in [0.1, 0.15) is 9.77 Å². The van der Waals surface area contributed by atoms with Crippen molar-refractivity contribution in [3.63, 3.8) is 0 Å². The van der Waals surface area contributed by atoms with Crippen molar-refractivity contribution in [2.75, 3.05) is 20.6 Å². The van der Waals surface area contributed by atoms with E-state index in [4.69, 9.17) is 5.73 Å². The van der Waals surface area contributed by atoms with Gasteiger partial charge in [-0.2, -0.15) is 0 Å². The van der Waals surface area contributed by atoms with Gasteiger partial charge < -0.3 is 11.1 Å². The lowest BCUT2D eigenvalue weighted by molar-refractivity contribution is 0.0954. The van der Waals surface area contributed by atoms with Crippen LogP contribution in [0.15, 0.2) is 16.3 Å². The Balaban J connectivity index is 2.86. The van der Waals surface area contributed by atoms with Crippen LogP contribution in [0.3, 0.4) is 0 Å². The number of hydrogen-bond acceptors (Lipinski definition) is 5. The van der Waals surface area contributed by atoms with Crippen LogP contribution in [0.4, 0.5) is 0 Å². The van der Waals surface area contributed by atoms with Gasteiger partial charge in [-0.3, -0.25) is 4.79 Å². The molecule has 6 nitrogen and oxygen atoms in total. The normalized spacial score (nSPS) is 13.5. The number of nitrogens with two attached hydrogens (primary N) is 1. The Morgan fingerprint density at radius 3 is 2.68 bits per heavy atom. The summed E-state index contributed by atoms with van der Waals surface area (Å²) >= 11 is 1.11. The van der Waals surface area contributed by atoms with E-state index in [2.05, 4.69) is 5.32 Å². The summed E-state index contributed by atoms with van der Waals surface area (Å²) in [6, 6.07) is 1.44. The molecular weight excluding hydrogens is 286 g/mol. The van der Waals surface area contributed by atoms with E-state index in [0.29, 0.717) is 13.0 Å². The Morgan fingerprint density at radius 2 is 2.16 bits per heavy atom. The number of hydrogen-bond donors (Lipinski definition) is 2. The number of rotatable bonds is 6. The number of carbonyl (C=O) groups is 1. The largest absolute Gasteiger partial charge is 0.351 e. The van der Waals surface area contributed by atoms with Crippen LogP contribution in [-0.4, -0.2) is 45.3 Å². The monoisotopic (exact) mass is 305 g/mol. The van der Waals surface area contributed by atoms with E-state index in [1.807, 2.05) is 6.92 Å². The highest BCUT2D eigenvalue weighted by atomic mass is 32.2. The Morgan fingerprint density at radius 1 is 1.53 bits per heavy atom. The maximum absolute atomic E-state index is 12.0. The van der Waals surface area contributed by atoms with Crippen molar-refractivity contribution in [1.29, 1.82) is 0 Å². The highest BCUT2D eigenvalue weighted by molar-refractivity contribution is 7.89. The molecule has 0 fully saturated rings. The summed E-state index contributed by atoms with van der Waals surface area (Å²) in [5.41, 5.74) is 5.58. The highest BCUT2D eigenvalue weighted by Crippen LogP contribution is 2.23. The fourth-order valence-corrected chi connectivity index (χ4v) is 3.57. The zero-order chi connectivity index (χ0) is 14.6. The Bertz CT molecular complexity index is 535. The van der Waals surface area contributed by atoms with Crippen LogP contribution in [0.2, 0.25) is 0 Å². The molecule has 0 aromatic carbocycles. The molecule has 0 spiro atoms. The van der Waals surface area contributed by atoms with Crippen molar-refractivity contribution in [3.8, 4) is 0 Å². The zero-order valence-corrected chi connectivity index (χ0v) is 12.8. The first-order chi connectivity index (χ1) is 8.76. The van der Waals surface area contributed by atoms with Crippen LogP contribution < -0.4 is 11.1 Å². The van der Waals surface area contributed by atoms with E-state index in [0.717, 1.165) is 15.6 Å². The molecule has 0 bridgehead atoms. The second-order valence-electron chi connectivity index (χ2n) is 4.42. The molecule has 0 aliphatic carbocycles. The molecule has 0 saturated carbocycles. The molecule has 1 aromatic heterocycles. The predicted octanol–water partition coefficient (Wildman–Crippen LogP) is 0.465. The summed E-state index contributed by atoms with van der Waals surface area (Å²) in [6.45, 7) is 2.27. The number of nitrogens with zero attached hydrogens (tertiary/aromatic N) is 1. The summed E-state index contributed by atoms with van der Waals surface area (Å²) < 4.78 is 25.2. The molecule has 0 radical (unpaired) electrons. The smallest absolute Gasteiger partial charge is 0.262 e. The molecule has 1 unspecified atom stereocenters.